The standard InChI is InChI=1S/C19H26ClN5O/c1-13-8-16(6-7-17(13)20)23-18-9-19(22-15-4-5-15)25(3)21-10-14(12-26)11-24(18)2/h6-10,12,14-15,18,22-23H,4-5,11H2,1-3H3/b19-9-,21-10-. The molecule has 6 nitrogen and oxygen atoms in total. The van der Waals surface area contributed by atoms with Gasteiger partial charge in [-0.25, -0.2) is 0 Å². The molecule has 0 saturated heterocycles. The first-order chi connectivity index (χ1) is 12.5. The van der Waals surface area contributed by atoms with Crippen LogP contribution in [0.4, 0.5) is 5.69 Å². The largest absolute Gasteiger partial charge is 0.368 e. The first kappa shape index (κ1) is 18.7. The Hall–Kier alpha value is -2.05. The molecule has 1 aromatic carbocycles. The summed E-state index contributed by atoms with van der Waals surface area (Å²) in [7, 11) is 3.90. The van der Waals surface area contributed by atoms with Crippen molar-refractivity contribution >= 4 is 29.8 Å². The summed E-state index contributed by atoms with van der Waals surface area (Å²) in [6, 6.07) is 6.40. The van der Waals surface area contributed by atoms with E-state index in [9.17, 15) is 4.79 Å². The molecule has 1 fully saturated rings. The predicted molar refractivity (Wildman–Crippen MR) is 106 cm³/mol. The van der Waals surface area contributed by atoms with Gasteiger partial charge in [-0.2, -0.15) is 5.10 Å². The maximum Gasteiger partial charge on any atom is 0.129 e. The number of likely N-dealkylation sites (N-methyl/N-ethyl adjacent to an activating group) is 1. The van der Waals surface area contributed by atoms with E-state index in [2.05, 4.69) is 26.7 Å². The molecule has 3 rings (SSSR count). The van der Waals surface area contributed by atoms with E-state index in [1.165, 1.54) is 12.8 Å². The zero-order chi connectivity index (χ0) is 18.7. The van der Waals surface area contributed by atoms with Gasteiger partial charge in [-0.05, 0) is 56.7 Å². The molecule has 140 valence electrons. The third kappa shape index (κ3) is 4.77. The molecule has 0 bridgehead atoms. The van der Waals surface area contributed by atoms with Gasteiger partial charge in [0, 0.05) is 36.6 Å². The zero-order valence-electron chi connectivity index (χ0n) is 15.4. The fourth-order valence-electron chi connectivity index (χ4n) is 2.84. The van der Waals surface area contributed by atoms with Crippen LogP contribution >= 0.6 is 11.6 Å². The molecule has 0 spiro atoms. The van der Waals surface area contributed by atoms with Crippen LogP contribution in [0, 0.1) is 12.8 Å². The van der Waals surface area contributed by atoms with E-state index in [1.807, 2.05) is 39.2 Å². The average Bonchev–Trinajstić information content (AvgIpc) is 3.42. The number of carbonyl (C=O) groups excluding carboxylic acids is 1. The fraction of sp³-hybridized carbons (Fsp3) is 0.474. The lowest BCUT2D eigenvalue weighted by Crippen LogP contribution is -2.41. The van der Waals surface area contributed by atoms with Gasteiger partial charge in [0.1, 0.15) is 18.3 Å². The second kappa shape index (κ2) is 8.10. The molecule has 2 aliphatic rings. The van der Waals surface area contributed by atoms with Crippen molar-refractivity contribution in [3.63, 3.8) is 0 Å². The summed E-state index contributed by atoms with van der Waals surface area (Å²) in [6.07, 6.45) is 7.03. The summed E-state index contributed by atoms with van der Waals surface area (Å²) in [5.74, 6) is 0.678. The molecule has 2 unspecified atom stereocenters. The number of nitrogens with zero attached hydrogens (tertiary/aromatic N) is 3. The average molecular weight is 376 g/mol. The van der Waals surface area contributed by atoms with E-state index in [1.54, 1.807) is 11.2 Å². The summed E-state index contributed by atoms with van der Waals surface area (Å²) in [6.45, 7) is 2.57. The summed E-state index contributed by atoms with van der Waals surface area (Å²) in [5.41, 5.74) is 2.00. The van der Waals surface area contributed by atoms with Crippen molar-refractivity contribution < 1.29 is 4.79 Å². The monoisotopic (exact) mass is 375 g/mol. The van der Waals surface area contributed by atoms with E-state index in [-0.39, 0.29) is 12.1 Å². The Bertz CT molecular complexity index is 716. The van der Waals surface area contributed by atoms with Gasteiger partial charge in [-0.15, -0.1) is 0 Å². The smallest absolute Gasteiger partial charge is 0.129 e. The number of nitrogens with one attached hydrogen (secondary N) is 2. The molecular weight excluding hydrogens is 350 g/mol. The van der Waals surface area contributed by atoms with Gasteiger partial charge in [-0.3, -0.25) is 9.91 Å². The highest BCUT2D eigenvalue weighted by Crippen LogP contribution is 2.23. The number of hydrogen-bond acceptors (Lipinski definition) is 6. The van der Waals surface area contributed by atoms with Crippen LogP contribution in [0.15, 0.2) is 35.2 Å². The molecule has 2 N–H and O–H groups in total. The second-order valence-corrected chi connectivity index (χ2v) is 7.46. The Labute approximate surface area is 159 Å². The van der Waals surface area contributed by atoms with E-state index in [0.717, 1.165) is 28.4 Å². The molecule has 1 aliphatic heterocycles. The van der Waals surface area contributed by atoms with Crippen LogP contribution in [0.3, 0.4) is 0 Å². The molecular formula is C19H26ClN5O. The van der Waals surface area contributed by atoms with E-state index in [4.69, 9.17) is 11.6 Å². The number of rotatable bonds is 5. The molecule has 0 radical (unpaired) electrons. The maximum absolute atomic E-state index is 11.4. The van der Waals surface area contributed by atoms with Crippen molar-refractivity contribution in [2.45, 2.75) is 32.0 Å². The Balaban J connectivity index is 1.88. The van der Waals surface area contributed by atoms with Gasteiger partial charge in [-0.1, -0.05) is 11.6 Å². The molecule has 1 aromatic rings. The quantitative estimate of drug-likeness (QED) is 0.775. The molecule has 1 heterocycles. The minimum atomic E-state index is -0.257. The summed E-state index contributed by atoms with van der Waals surface area (Å²) >= 11 is 6.14. The molecule has 0 aromatic heterocycles. The topological polar surface area (TPSA) is 60.0 Å². The number of aryl methyl sites for hydroxylation is 1. The highest BCUT2D eigenvalue weighted by Gasteiger charge is 2.25. The Morgan fingerprint density at radius 3 is 2.69 bits per heavy atom. The number of aldehydes is 1. The van der Waals surface area contributed by atoms with Crippen LogP contribution in [0.1, 0.15) is 18.4 Å². The maximum atomic E-state index is 11.4. The third-order valence-corrected chi connectivity index (χ3v) is 5.07. The van der Waals surface area contributed by atoms with Crippen LogP contribution in [0.5, 0.6) is 0 Å². The van der Waals surface area contributed by atoms with Crippen molar-refractivity contribution in [2.24, 2.45) is 11.0 Å². The molecule has 0 amide bonds. The summed E-state index contributed by atoms with van der Waals surface area (Å²) in [4.78, 5) is 13.5. The Morgan fingerprint density at radius 1 is 1.27 bits per heavy atom. The zero-order valence-corrected chi connectivity index (χ0v) is 16.2. The van der Waals surface area contributed by atoms with Gasteiger partial charge in [0.15, 0.2) is 0 Å². The number of halogens is 1. The number of carbonyl (C=O) groups is 1. The van der Waals surface area contributed by atoms with Gasteiger partial charge < -0.3 is 15.4 Å². The van der Waals surface area contributed by atoms with Crippen LogP contribution in [-0.4, -0.2) is 55.3 Å². The lowest BCUT2D eigenvalue weighted by atomic mass is 10.1. The number of hydrazone groups is 1. The van der Waals surface area contributed by atoms with Crippen LogP contribution in [-0.2, 0) is 4.79 Å². The molecule has 1 aliphatic carbocycles. The fourth-order valence-corrected chi connectivity index (χ4v) is 2.96. The van der Waals surface area contributed by atoms with E-state index < -0.39 is 0 Å². The molecule has 1 saturated carbocycles. The highest BCUT2D eigenvalue weighted by molar-refractivity contribution is 6.31. The van der Waals surface area contributed by atoms with Crippen molar-refractivity contribution in [1.82, 2.24) is 15.2 Å². The minimum absolute atomic E-state index is 0.0941. The summed E-state index contributed by atoms with van der Waals surface area (Å²) in [5, 5.41) is 14.0. The van der Waals surface area contributed by atoms with Crippen molar-refractivity contribution in [3.8, 4) is 0 Å². The Kier molecular flexibility index (Phi) is 5.84. The van der Waals surface area contributed by atoms with Gasteiger partial charge in [0.05, 0.1) is 5.92 Å². The van der Waals surface area contributed by atoms with Crippen molar-refractivity contribution in [3.05, 3.63) is 40.7 Å². The highest BCUT2D eigenvalue weighted by atomic mass is 35.5. The Morgan fingerprint density at radius 2 is 2.04 bits per heavy atom. The van der Waals surface area contributed by atoms with Crippen molar-refractivity contribution in [2.75, 3.05) is 26.0 Å². The SMILES string of the molecule is Cc1cc(NC2/C=C(/NC3CC3)N(C)/N=C\C(C=O)CN2C)ccc1Cl. The van der Waals surface area contributed by atoms with Crippen LogP contribution in [0.25, 0.3) is 0 Å². The van der Waals surface area contributed by atoms with E-state index >= 15 is 0 Å². The van der Waals surface area contributed by atoms with Gasteiger partial charge >= 0.3 is 0 Å². The first-order valence-electron chi connectivity index (χ1n) is 8.90. The second-order valence-electron chi connectivity index (χ2n) is 7.05. The number of hydrogen-bond donors (Lipinski definition) is 2. The first-order valence-corrected chi connectivity index (χ1v) is 9.28. The van der Waals surface area contributed by atoms with Gasteiger partial charge in [0.2, 0.25) is 0 Å². The van der Waals surface area contributed by atoms with E-state index in [0.29, 0.717) is 12.6 Å². The third-order valence-electron chi connectivity index (χ3n) is 4.65. The van der Waals surface area contributed by atoms with Gasteiger partial charge in [0.25, 0.3) is 0 Å². The lowest BCUT2D eigenvalue weighted by Gasteiger charge is -2.29. The molecule has 7 heteroatoms. The van der Waals surface area contributed by atoms with Crippen LogP contribution in [0.2, 0.25) is 5.02 Å². The predicted octanol–water partition coefficient (Wildman–Crippen LogP) is 2.66. The minimum Gasteiger partial charge on any atom is -0.368 e. The normalized spacial score (nSPS) is 27.5. The number of anilines is 1. The van der Waals surface area contributed by atoms with Crippen LogP contribution < -0.4 is 10.6 Å². The lowest BCUT2D eigenvalue weighted by molar-refractivity contribution is -0.109. The number of benzene rings is 1. The molecule has 26 heavy (non-hydrogen) atoms. The van der Waals surface area contributed by atoms with Crippen molar-refractivity contribution in [1.29, 1.82) is 0 Å². The summed E-state index contributed by atoms with van der Waals surface area (Å²) < 4.78 is 0. The molecule has 2 atom stereocenters.